The highest BCUT2D eigenvalue weighted by atomic mass is 32.2. The lowest BCUT2D eigenvalue weighted by Crippen LogP contribution is -2.28. The van der Waals surface area contributed by atoms with Gasteiger partial charge in [-0.2, -0.15) is 13.2 Å². The topological polar surface area (TPSA) is 40.5 Å². The van der Waals surface area contributed by atoms with Gasteiger partial charge in [-0.15, -0.1) is 11.8 Å². The molecule has 8 heteroatoms. The molecule has 0 aromatic heterocycles. The Morgan fingerprint density at radius 1 is 1.19 bits per heavy atom. The van der Waals surface area contributed by atoms with E-state index in [0.717, 1.165) is 5.56 Å². The predicted octanol–water partition coefficient (Wildman–Crippen LogP) is 4.51. The first-order chi connectivity index (χ1) is 12.2. The van der Waals surface area contributed by atoms with E-state index in [1.807, 2.05) is 0 Å². The Hall–Kier alpha value is -2.06. The number of anilines is 1. The van der Waals surface area contributed by atoms with E-state index in [2.05, 4.69) is 0 Å². The summed E-state index contributed by atoms with van der Waals surface area (Å²) in [5.74, 6) is -0.359. The van der Waals surface area contributed by atoms with Gasteiger partial charge in [-0.25, -0.2) is 4.39 Å². The predicted molar refractivity (Wildman–Crippen MR) is 91.3 cm³/mol. The van der Waals surface area contributed by atoms with Crippen LogP contribution in [0.3, 0.4) is 0 Å². The Morgan fingerprint density at radius 2 is 1.85 bits per heavy atom. The van der Waals surface area contributed by atoms with Crippen molar-refractivity contribution in [3.8, 4) is 0 Å². The first-order valence-corrected chi connectivity index (χ1v) is 8.78. The van der Waals surface area contributed by atoms with Crippen LogP contribution < -0.4 is 4.90 Å². The SMILES string of the molecule is Cc1cc(C(O)C(F)(F)F)ccc1N1C(=O)CSC1c1ccc(F)cc1. The first-order valence-electron chi connectivity index (χ1n) is 7.73. The van der Waals surface area contributed by atoms with Gasteiger partial charge in [0.1, 0.15) is 11.2 Å². The number of alkyl halides is 3. The van der Waals surface area contributed by atoms with E-state index in [0.29, 0.717) is 11.3 Å². The standard InChI is InChI=1S/C18H15F4NO2S/c1-10-8-12(16(25)18(20,21)22)4-7-14(10)23-15(24)9-26-17(23)11-2-5-13(19)6-3-11/h2-8,16-17,25H,9H2,1H3. The summed E-state index contributed by atoms with van der Waals surface area (Å²) in [6.45, 7) is 1.58. The maximum absolute atomic E-state index is 13.1. The third-order valence-corrected chi connectivity index (χ3v) is 5.34. The van der Waals surface area contributed by atoms with E-state index in [1.54, 1.807) is 19.1 Å². The van der Waals surface area contributed by atoms with Crippen molar-refractivity contribution in [2.75, 3.05) is 10.7 Å². The number of hydrogen-bond donors (Lipinski definition) is 1. The fourth-order valence-electron chi connectivity index (χ4n) is 2.87. The number of carbonyl (C=O) groups is 1. The number of aryl methyl sites for hydroxylation is 1. The zero-order chi connectivity index (χ0) is 19.1. The number of nitrogens with zero attached hydrogens (tertiary/aromatic N) is 1. The minimum atomic E-state index is -4.76. The molecule has 0 aliphatic carbocycles. The average molecular weight is 385 g/mol. The molecule has 1 aliphatic rings. The molecule has 2 atom stereocenters. The van der Waals surface area contributed by atoms with E-state index in [4.69, 9.17) is 0 Å². The smallest absolute Gasteiger partial charge is 0.379 e. The van der Waals surface area contributed by atoms with Crippen LogP contribution in [0.25, 0.3) is 0 Å². The molecule has 1 amide bonds. The van der Waals surface area contributed by atoms with Crippen molar-refractivity contribution in [1.29, 1.82) is 0 Å². The van der Waals surface area contributed by atoms with Gasteiger partial charge in [0.2, 0.25) is 5.91 Å². The van der Waals surface area contributed by atoms with E-state index >= 15 is 0 Å². The molecule has 0 spiro atoms. The summed E-state index contributed by atoms with van der Waals surface area (Å²) in [4.78, 5) is 13.9. The molecular formula is C18H15F4NO2S. The lowest BCUT2D eigenvalue weighted by Gasteiger charge is -2.27. The summed E-state index contributed by atoms with van der Waals surface area (Å²) >= 11 is 1.36. The number of rotatable bonds is 3. The summed E-state index contributed by atoms with van der Waals surface area (Å²) in [5.41, 5.74) is 1.35. The molecule has 1 heterocycles. The molecule has 2 unspecified atom stereocenters. The second kappa shape index (κ2) is 6.92. The molecule has 1 saturated heterocycles. The van der Waals surface area contributed by atoms with Crippen molar-refractivity contribution in [1.82, 2.24) is 0 Å². The van der Waals surface area contributed by atoms with Crippen LogP contribution in [0.1, 0.15) is 28.2 Å². The van der Waals surface area contributed by atoms with Gasteiger partial charge in [-0.3, -0.25) is 9.69 Å². The average Bonchev–Trinajstić information content (AvgIpc) is 2.95. The highest BCUT2D eigenvalue weighted by Gasteiger charge is 2.40. The van der Waals surface area contributed by atoms with Gasteiger partial charge in [0, 0.05) is 5.69 Å². The van der Waals surface area contributed by atoms with E-state index < -0.39 is 18.1 Å². The van der Waals surface area contributed by atoms with Gasteiger partial charge in [-0.05, 0) is 41.8 Å². The van der Waals surface area contributed by atoms with Crippen LogP contribution in [0.4, 0.5) is 23.2 Å². The van der Waals surface area contributed by atoms with Crippen LogP contribution in [0.2, 0.25) is 0 Å². The van der Waals surface area contributed by atoms with Gasteiger partial charge in [0.25, 0.3) is 0 Å². The second-order valence-corrected chi connectivity index (χ2v) is 7.04. The van der Waals surface area contributed by atoms with Crippen LogP contribution in [-0.2, 0) is 4.79 Å². The monoisotopic (exact) mass is 385 g/mol. The minimum Gasteiger partial charge on any atom is -0.379 e. The van der Waals surface area contributed by atoms with Gasteiger partial charge in [0.05, 0.1) is 5.75 Å². The van der Waals surface area contributed by atoms with Crippen molar-refractivity contribution in [3.63, 3.8) is 0 Å². The largest absolute Gasteiger partial charge is 0.418 e. The highest BCUT2D eigenvalue weighted by molar-refractivity contribution is 8.00. The molecule has 1 N–H and O–H groups in total. The van der Waals surface area contributed by atoms with Crippen molar-refractivity contribution >= 4 is 23.4 Å². The first kappa shape index (κ1) is 18.7. The van der Waals surface area contributed by atoms with Gasteiger partial charge >= 0.3 is 6.18 Å². The van der Waals surface area contributed by atoms with Crippen LogP contribution in [0, 0.1) is 12.7 Å². The van der Waals surface area contributed by atoms with Crippen molar-refractivity contribution in [2.45, 2.75) is 24.6 Å². The number of amides is 1. The Balaban J connectivity index is 1.95. The minimum absolute atomic E-state index is 0.184. The molecule has 26 heavy (non-hydrogen) atoms. The maximum atomic E-state index is 13.1. The Labute approximate surface area is 151 Å². The fourth-order valence-corrected chi connectivity index (χ4v) is 4.04. The quantitative estimate of drug-likeness (QED) is 0.791. The fraction of sp³-hybridized carbons (Fsp3) is 0.278. The van der Waals surface area contributed by atoms with Crippen molar-refractivity contribution < 1.29 is 27.5 Å². The Bertz CT molecular complexity index is 823. The molecule has 2 aromatic rings. The van der Waals surface area contributed by atoms with E-state index in [9.17, 15) is 27.5 Å². The molecule has 0 saturated carbocycles. The summed E-state index contributed by atoms with van der Waals surface area (Å²) in [6.07, 6.45) is -7.34. The number of hydrogen-bond acceptors (Lipinski definition) is 3. The second-order valence-electron chi connectivity index (χ2n) is 5.97. The van der Waals surface area contributed by atoms with E-state index in [-0.39, 0.29) is 22.6 Å². The van der Waals surface area contributed by atoms with Crippen LogP contribution in [0.15, 0.2) is 42.5 Å². The van der Waals surface area contributed by atoms with Crippen LogP contribution in [0.5, 0.6) is 0 Å². The van der Waals surface area contributed by atoms with Gasteiger partial charge < -0.3 is 5.11 Å². The molecule has 138 valence electrons. The lowest BCUT2D eigenvalue weighted by molar-refractivity contribution is -0.206. The maximum Gasteiger partial charge on any atom is 0.418 e. The third-order valence-electron chi connectivity index (χ3n) is 4.13. The number of aliphatic hydroxyl groups excluding tert-OH is 1. The van der Waals surface area contributed by atoms with Crippen LogP contribution in [-0.4, -0.2) is 22.9 Å². The molecule has 2 aromatic carbocycles. The molecule has 3 rings (SSSR count). The van der Waals surface area contributed by atoms with Gasteiger partial charge in [-0.1, -0.05) is 24.3 Å². The lowest BCUT2D eigenvalue weighted by atomic mass is 10.0. The van der Waals surface area contributed by atoms with Crippen LogP contribution >= 0.6 is 11.8 Å². The molecule has 3 nitrogen and oxygen atoms in total. The molecular weight excluding hydrogens is 370 g/mol. The molecule has 1 aliphatic heterocycles. The zero-order valence-corrected chi connectivity index (χ0v) is 14.4. The Morgan fingerprint density at radius 3 is 2.42 bits per heavy atom. The number of aliphatic hydroxyl groups is 1. The number of halogens is 4. The van der Waals surface area contributed by atoms with Gasteiger partial charge in [0.15, 0.2) is 6.10 Å². The summed E-state index contributed by atoms with van der Waals surface area (Å²) in [5, 5.41) is 9.01. The summed E-state index contributed by atoms with van der Waals surface area (Å²) in [7, 11) is 0. The zero-order valence-electron chi connectivity index (χ0n) is 13.6. The highest BCUT2D eigenvalue weighted by Crippen LogP contribution is 2.43. The number of thioether (sulfide) groups is 1. The third kappa shape index (κ3) is 3.57. The molecule has 0 bridgehead atoms. The molecule has 1 fully saturated rings. The van der Waals surface area contributed by atoms with Crippen molar-refractivity contribution in [2.24, 2.45) is 0 Å². The van der Waals surface area contributed by atoms with E-state index in [1.165, 1.54) is 47.0 Å². The summed E-state index contributed by atoms with van der Waals surface area (Å²) < 4.78 is 51.2. The number of benzene rings is 2. The van der Waals surface area contributed by atoms with Crippen molar-refractivity contribution in [3.05, 3.63) is 65.0 Å². The summed E-state index contributed by atoms with van der Waals surface area (Å²) in [6, 6.07) is 9.55. The Kier molecular flexibility index (Phi) is 4.98. The molecule has 0 radical (unpaired) electrons. The number of carbonyl (C=O) groups excluding carboxylic acids is 1. The normalized spacial score (nSPS) is 19.1.